The zero-order valence-electron chi connectivity index (χ0n) is 7.88. The van der Waals surface area contributed by atoms with E-state index in [0.29, 0.717) is 11.3 Å². The van der Waals surface area contributed by atoms with Crippen LogP contribution in [-0.2, 0) is 0 Å². The number of hydrogen-bond donors (Lipinski definition) is 0. The lowest BCUT2D eigenvalue weighted by Gasteiger charge is -2.08. The smallest absolute Gasteiger partial charge is 0.199 e. The summed E-state index contributed by atoms with van der Waals surface area (Å²) in [5.74, 6) is 0.159. The van der Waals surface area contributed by atoms with E-state index in [1.807, 2.05) is 13.0 Å². The minimum atomic E-state index is -1.05. The van der Waals surface area contributed by atoms with Gasteiger partial charge in [-0.25, -0.2) is 0 Å². The van der Waals surface area contributed by atoms with Gasteiger partial charge in [-0.3, -0.25) is 4.79 Å². The zero-order chi connectivity index (χ0) is 10.7. The van der Waals surface area contributed by atoms with Crippen molar-refractivity contribution in [2.75, 3.05) is 7.11 Å². The summed E-state index contributed by atoms with van der Waals surface area (Å²) in [6.07, 6.45) is 0. The summed E-state index contributed by atoms with van der Waals surface area (Å²) in [6, 6.07) is 5.24. The predicted molar refractivity (Wildman–Crippen MR) is 57.6 cm³/mol. The molecule has 0 aliphatic carbocycles. The van der Waals surface area contributed by atoms with E-state index in [1.54, 1.807) is 12.1 Å². The summed E-state index contributed by atoms with van der Waals surface area (Å²) in [4.78, 5) is 10.4. The van der Waals surface area contributed by atoms with Gasteiger partial charge < -0.3 is 4.74 Å². The topological polar surface area (TPSA) is 26.3 Å². The normalized spacial score (nSPS) is 10.4. The standard InChI is InChI=1S/C10H10Cl2O2/c1-6-3-4-7(8(5-6)14-2)9(13)10(11)12/h3-5,10H,1-2H3. The molecule has 0 fully saturated rings. The van der Waals surface area contributed by atoms with Crippen molar-refractivity contribution < 1.29 is 9.53 Å². The van der Waals surface area contributed by atoms with Gasteiger partial charge in [0, 0.05) is 0 Å². The van der Waals surface area contributed by atoms with Gasteiger partial charge >= 0.3 is 0 Å². The molecule has 0 aliphatic rings. The van der Waals surface area contributed by atoms with Crippen molar-refractivity contribution in [1.29, 1.82) is 0 Å². The lowest BCUT2D eigenvalue weighted by Crippen LogP contribution is -2.09. The Bertz CT molecular complexity index is 348. The molecule has 0 saturated carbocycles. The van der Waals surface area contributed by atoms with Gasteiger partial charge in [0.1, 0.15) is 5.75 Å². The van der Waals surface area contributed by atoms with Crippen molar-refractivity contribution in [2.45, 2.75) is 11.8 Å². The average molecular weight is 233 g/mol. The lowest BCUT2D eigenvalue weighted by atomic mass is 10.1. The van der Waals surface area contributed by atoms with Crippen LogP contribution < -0.4 is 4.74 Å². The summed E-state index contributed by atoms with van der Waals surface area (Å²) < 4.78 is 5.06. The first-order chi connectivity index (χ1) is 6.56. The Labute approximate surface area is 92.8 Å². The summed E-state index contributed by atoms with van der Waals surface area (Å²) >= 11 is 11.0. The molecule has 0 amide bonds. The molecule has 0 bridgehead atoms. The number of hydrogen-bond acceptors (Lipinski definition) is 2. The van der Waals surface area contributed by atoms with Crippen LogP contribution in [0.15, 0.2) is 18.2 Å². The molecule has 1 rings (SSSR count). The third kappa shape index (κ3) is 2.40. The Hall–Kier alpha value is -0.730. The van der Waals surface area contributed by atoms with E-state index in [2.05, 4.69) is 0 Å². The second-order valence-electron chi connectivity index (χ2n) is 2.87. The molecule has 0 radical (unpaired) electrons. The number of carbonyl (C=O) groups excluding carboxylic acids is 1. The molecule has 14 heavy (non-hydrogen) atoms. The van der Waals surface area contributed by atoms with E-state index in [-0.39, 0.29) is 5.78 Å². The molecule has 0 unspecified atom stereocenters. The van der Waals surface area contributed by atoms with Gasteiger partial charge in [0.25, 0.3) is 0 Å². The molecule has 1 aromatic rings. The molecule has 76 valence electrons. The zero-order valence-corrected chi connectivity index (χ0v) is 9.39. The van der Waals surface area contributed by atoms with Crippen LogP contribution in [0.3, 0.4) is 0 Å². The van der Waals surface area contributed by atoms with Crippen LogP contribution in [0.2, 0.25) is 0 Å². The summed E-state index contributed by atoms with van der Waals surface area (Å²) in [5, 5.41) is 0. The van der Waals surface area contributed by atoms with Gasteiger partial charge in [0.15, 0.2) is 10.6 Å². The molecular weight excluding hydrogens is 223 g/mol. The highest BCUT2D eigenvalue weighted by Crippen LogP contribution is 2.23. The number of Topliss-reactive ketones (excluding diaryl/α,β-unsaturated/α-hetero) is 1. The predicted octanol–water partition coefficient (Wildman–Crippen LogP) is 2.99. The molecular formula is C10H10Cl2O2. The van der Waals surface area contributed by atoms with Crippen LogP contribution in [0, 0.1) is 6.92 Å². The Balaban J connectivity index is 3.14. The van der Waals surface area contributed by atoms with Crippen molar-refractivity contribution in [2.24, 2.45) is 0 Å². The fourth-order valence-corrected chi connectivity index (χ4v) is 1.35. The van der Waals surface area contributed by atoms with E-state index in [4.69, 9.17) is 27.9 Å². The fraction of sp³-hybridized carbons (Fsp3) is 0.300. The van der Waals surface area contributed by atoms with Crippen LogP contribution in [0.1, 0.15) is 15.9 Å². The number of benzene rings is 1. The van der Waals surface area contributed by atoms with Gasteiger partial charge in [0.2, 0.25) is 0 Å². The first-order valence-corrected chi connectivity index (χ1v) is 4.90. The SMILES string of the molecule is COc1cc(C)ccc1C(=O)C(Cl)Cl. The number of aryl methyl sites for hydroxylation is 1. The van der Waals surface area contributed by atoms with Crippen molar-refractivity contribution in [3.8, 4) is 5.75 Å². The maximum absolute atomic E-state index is 11.5. The maximum atomic E-state index is 11.5. The van der Waals surface area contributed by atoms with E-state index < -0.39 is 4.84 Å². The molecule has 4 heteroatoms. The minimum absolute atomic E-state index is 0.342. The van der Waals surface area contributed by atoms with Crippen LogP contribution >= 0.6 is 23.2 Å². The van der Waals surface area contributed by atoms with Crippen molar-refractivity contribution in [3.63, 3.8) is 0 Å². The number of alkyl halides is 2. The van der Waals surface area contributed by atoms with Gasteiger partial charge in [0.05, 0.1) is 12.7 Å². The molecule has 0 saturated heterocycles. The van der Waals surface area contributed by atoms with Crippen LogP contribution in [0.5, 0.6) is 5.75 Å². The molecule has 2 nitrogen and oxygen atoms in total. The van der Waals surface area contributed by atoms with Gasteiger partial charge in [-0.15, -0.1) is 0 Å². The van der Waals surface area contributed by atoms with Crippen LogP contribution in [0.4, 0.5) is 0 Å². The lowest BCUT2D eigenvalue weighted by molar-refractivity contribution is 0.100. The molecule has 0 aliphatic heterocycles. The monoisotopic (exact) mass is 232 g/mol. The highest BCUT2D eigenvalue weighted by Gasteiger charge is 2.18. The Morgan fingerprint density at radius 3 is 2.57 bits per heavy atom. The van der Waals surface area contributed by atoms with Crippen molar-refractivity contribution in [3.05, 3.63) is 29.3 Å². The number of halogens is 2. The molecule has 0 N–H and O–H groups in total. The third-order valence-corrected chi connectivity index (χ3v) is 2.22. The van der Waals surface area contributed by atoms with Crippen LogP contribution in [0.25, 0.3) is 0 Å². The van der Waals surface area contributed by atoms with E-state index >= 15 is 0 Å². The van der Waals surface area contributed by atoms with Crippen molar-refractivity contribution in [1.82, 2.24) is 0 Å². The summed E-state index contributed by atoms with van der Waals surface area (Å²) in [7, 11) is 1.50. The Morgan fingerprint density at radius 2 is 2.07 bits per heavy atom. The summed E-state index contributed by atoms with van der Waals surface area (Å²) in [5.41, 5.74) is 1.42. The minimum Gasteiger partial charge on any atom is -0.496 e. The quantitative estimate of drug-likeness (QED) is 0.592. The third-order valence-electron chi connectivity index (χ3n) is 1.82. The molecule has 0 aromatic heterocycles. The van der Waals surface area contributed by atoms with E-state index in [9.17, 15) is 4.79 Å². The molecule has 0 spiro atoms. The average Bonchev–Trinajstić information content (AvgIpc) is 2.16. The first-order valence-electron chi connectivity index (χ1n) is 4.03. The van der Waals surface area contributed by atoms with Gasteiger partial charge in [-0.1, -0.05) is 29.3 Å². The van der Waals surface area contributed by atoms with E-state index in [0.717, 1.165) is 5.56 Å². The van der Waals surface area contributed by atoms with Gasteiger partial charge in [-0.2, -0.15) is 0 Å². The highest BCUT2D eigenvalue weighted by atomic mass is 35.5. The summed E-state index contributed by atoms with van der Waals surface area (Å²) in [6.45, 7) is 1.91. The highest BCUT2D eigenvalue weighted by molar-refractivity contribution is 6.55. The fourth-order valence-electron chi connectivity index (χ4n) is 1.12. The maximum Gasteiger partial charge on any atom is 0.199 e. The first kappa shape index (κ1) is 11.3. The Morgan fingerprint density at radius 1 is 1.43 bits per heavy atom. The largest absolute Gasteiger partial charge is 0.496 e. The Kier molecular flexibility index (Phi) is 3.78. The number of ether oxygens (including phenoxy) is 1. The second kappa shape index (κ2) is 4.67. The van der Waals surface area contributed by atoms with Gasteiger partial charge in [-0.05, 0) is 24.6 Å². The van der Waals surface area contributed by atoms with E-state index in [1.165, 1.54) is 7.11 Å². The molecule has 0 atom stereocenters. The molecule has 0 heterocycles. The number of methoxy groups -OCH3 is 1. The number of carbonyl (C=O) groups is 1. The van der Waals surface area contributed by atoms with Crippen molar-refractivity contribution >= 4 is 29.0 Å². The van der Waals surface area contributed by atoms with Crippen LogP contribution in [-0.4, -0.2) is 17.7 Å². The molecule has 1 aromatic carbocycles. The second-order valence-corrected chi connectivity index (χ2v) is 3.96. The number of ketones is 1. The number of rotatable bonds is 3.